The molecule has 0 radical (unpaired) electrons. The van der Waals surface area contributed by atoms with Gasteiger partial charge in [0.25, 0.3) is 5.91 Å². The van der Waals surface area contributed by atoms with Crippen LogP contribution in [0.2, 0.25) is 0 Å². The van der Waals surface area contributed by atoms with E-state index in [0.29, 0.717) is 5.56 Å². The number of rotatable bonds is 3. The maximum Gasteiger partial charge on any atom is 0.252 e. The van der Waals surface area contributed by atoms with Gasteiger partial charge < -0.3 is 10.4 Å². The summed E-state index contributed by atoms with van der Waals surface area (Å²) >= 11 is 0. The highest BCUT2D eigenvalue weighted by atomic mass is 16.3. The number of hydrogen-bond acceptors (Lipinski definition) is 3. The van der Waals surface area contributed by atoms with E-state index >= 15 is 0 Å². The van der Waals surface area contributed by atoms with Crippen molar-refractivity contribution < 1.29 is 9.90 Å². The molecule has 0 aliphatic heterocycles. The fourth-order valence-corrected chi connectivity index (χ4v) is 2.56. The zero-order valence-corrected chi connectivity index (χ0v) is 11.0. The van der Waals surface area contributed by atoms with Gasteiger partial charge in [-0.1, -0.05) is 24.3 Å². The lowest BCUT2D eigenvalue weighted by atomic mass is 10.1. The van der Waals surface area contributed by atoms with Crippen molar-refractivity contribution in [2.45, 2.75) is 12.5 Å². The molecule has 4 nitrogen and oxygen atoms in total. The molecule has 0 spiro atoms. The third-order valence-corrected chi connectivity index (χ3v) is 3.61. The van der Waals surface area contributed by atoms with Crippen LogP contribution in [0.25, 0.3) is 10.9 Å². The van der Waals surface area contributed by atoms with Crippen molar-refractivity contribution in [1.82, 2.24) is 10.3 Å². The van der Waals surface area contributed by atoms with E-state index in [1.807, 2.05) is 42.5 Å². The second kappa shape index (κ2) is 5.43. The highest BCUT2D eigenvalue weighted by Gasteiger charge is 2.21. The summed E-state index contributed by atoms with van der Waals surface area (Å²) in [5.41, 5.74) is 1.45. The summed E-state index contributed by atoms with van der Waals surface area (Å²) in [4.78, 5) is 16.6. The fraction of sp³-hybridized carbons (Fsp3) is 0.250. The Morgan fingerprint density at radius 2 is 2.20 bits per heavy atom. The molecule has 3 rings (SSSR count). The van der Waals surface area contributed by atoms with E-state index < -0.39 is 0 Å². The van der Waals surface area contributed by atoms with E-state index in [1.165, 1.54) is 0 Å². The number of benzene rings is 1. The van der Waals surface area contributed by atoms with E-state index in [1.54, 1.807) is 6.20 Å². The van der Waals surface area contributed by atoms with E-state index in [0.717, 1.165) is 17.3 Å². The van der Waals surface area contributed by atoms with Gasteiger partial charge in [-0.15, -0.1) is 0 Å². The summed E-state index contributed by atoms with van der Waals surface area (Å²) in [6.45, 7) is 0.126. The number of aromatic nitrogens is 1. The maximum absolute atomic E-state index is 12.4. The smallest absolute Gasteiger partial charge is 0.252 e. The fourth-order valence-electron chi connectivity index (χ4n) is 2.56. The van der Waals surface area contributed by atoms with Crippen molar-refractivity contribution in [3.8, 4) is 0 Å². The summed E-state index contributed by atoms with van der Waals surface area (Å²) in [7, 11) is 0. The lowest BCUT2D eigenvalue weighted by Gasteiger charge is -2.13. The van der Waals surface area contributed by atoms with Gasteiger partial charge in [0.05, 0.1) is 5.52 Å². The number of fused-ring (bicyclic) bond motifs is 1. The third kappa shape index (κ3) is 2.42. The molecule has 0 fully saturated rings. The molecular weight excluding hydrogens is 252 g/mol. The molecule has 2 N–H and O–H groups in total. The van der Waals surface area contributed by atoms with Crippen LogP contribution in [0.5, 0.6) is 0 Å². The quantitative estimate of drug-likeness (QED) is 0.836. The molecule has 2 atom stereocenters. The number of carbonyl (C=O) groups excluding carboxylic acids is 1. The Bertz CT molecular complexity index is 661. The van der Waals surface area contributed by atoms with Crippen LogP contribution in [-0.2, 0) is 0 Å². The molecule has 0 saturated heterocycles. The summed E-state index contributed by atoms with van der Waals surface area (Å²) in [5.74, 6) is 0.0475. The second-order valence-corrected chi connectivity index (χ2v) is 5.02. The number of hydrogen-bond donors (Lipinski definition) is 2. The Morgan fingerprint density at radius 3 is 3.00 bits per heavy atom. The van der Waals surface area contributed by atoms with Gasteiger partial charge >= 0.3 is 0 Å². The highest BCUT2D eigenvalue weighted by Crippen LogP contribution is 2.20. The number of nitrogens with one attached hydrogen (secondary N) is 1. The predicted molar refractivity (Wildman–Crippen MR) is 77.3 cm³/mol. The Kier molecular flexibility index (Phi) is 3.48. The van der Waals surface area contributed by atoms with Crippen LogP contribution < -0.4 is 5.32 Å². The first-order valence-corrected chi connectivity index (χ1v) is 6.71. The average Bonchev–Trinajstić information content (AvgIpc) is 2.94. The molecule has 1 aliphatic carbocycles. The summed E-state index contributed by atoms with van der Waals surface area (Å²) in [5, 5.41) is 12.9. The molecule has 0 bridgehead atoms. The number of carbonyl (C=O) groups is 1. The lowest BCUT2D eigenvalue weighted by molar-refractivity contribution is 0.0942. The standard InChI is InChI=1S/C16H16N2O2/c19-10-11-6-7-12(9-11)18-16(20)14-3-1-5-15-13(14)4-2-8-17-15/h1-8,11-12,19H,9-10H2,(H,18,20)/t11-,12+/m0/s1. The van der Waals surface area contributed by atoms with Crippen LogP contribution in [0.15, 0.2) is 48.7 Å². The normalized spacial score (nSPS) is 21.2. The first-order valence-electron chi connectivity index (χ1n) is 6.71. The topological polar surface area (TPSA) is 62.2 Å². The molecule has 1 amide bonds. The van der Waals surface area contributed by atoms with Gasteiger partial charge in [-0.3, -0.25) is 9.78 Å². The number of aliphatic hydroxyl groups excluding tert-OH is 1. The molecule has 2 aromatic rings. The van der Waals surface area contributed by atoms with Gasteiger partial charge in [0.2, 0.25) is 0 Å². The Balaban J connectivity index is 1.81. The number of pyridine rings is 1. The minimum atomic E-state index is -0.100. The van der Waals surface area contributed by atoms with Gasteiger partial charge in [0, 0.05) is 35.7 Å². The van der Waals surface area contributed by atoms with Crippen molar-refractivity contribution in [1.29, 1.82) is 0 Å². The first kappa shape index (κ1) is 12.8. The Hall–Kier alpha value is -2.20. The van der Waals surface area contributed by atoms with Crippen molar-refractivity contribution in [2.24, 2.45) is 5.92 Å². The molecule has 1 heterocycles. The van der Waals surface area contributed by atoms with Crippen LogP contribution in [0.4, 0.5) is 0 Å². The Morgan fingerprint density at radius 1 is 1.30 bits per heavy atom. The molecule has 20 heavy (non-hydrogen) atoms. The lowest BCUT2D eigenvalue weighted by Crippen LogP contribution is -2.33. The molecule has 1 aromatic heterocycles. The monoisotopic (exact) mass is 268 g/mol. The molecule has 0 saturated carbocycles. The number of amides is 1. The minimum Gasteiger partial charge on any atom is -0.396 e. The van der Waals surface area contributed by atoms with E-state index in [9.17, 15) is 4.79 Å². The van der Waals surface area contributed by atoms with Crippen LogP contribution in [0.1, 0.15) is 16.8 Å². The molecular formula is C16H16N2O2. The van der Waals surface area contributed by atoms with Gasteiger partial charge in [-0.2, -0.15) is 0 Å². The molecule has 102 valence electrons. The zero-order chi connectivity index (χ0) is 13.9. The number of nitrogens with zero attached hydrogens (tertiary/aromatic N) is 1. The van der Waals surface area contributed by atoms with Gasteiger partial charge in [0.15, 0.2) is 0 Å². The van der Waals surface area contributed by atoms with Crippen LogP contribution in [0.3, 0.4) is 0 Å². The third-order valence-electron chi connectivity index (χ3n) is 3.61. The van der Waals surface area contributed by atoms with Crippen LogP contribution in [-0.4, -0.2) is 28.6 Å². The second-order valence-electron chi connectivity index (χ2n) is 5.02. The predicted octanol–water partition coefficient (Wildman–Crippen LogP) is 1.90. The summed E-state index contributed by atoms with van der Waals surface area (Å²) < 4.78 is 0. The van der Waals surface area contributed by atoms with Gasteiger partial charge in [-0.25, -0.2) is 0 Å². The van der Waals surface area contributed by atoms with Crippen LogP contribution in [0, 0.1) is 5.92 Å². The van der Waals surface area contributed by atoms with Crippen molar-refractivity contribution in [3.63, 3.8) is 0 Å². The molecule has 4 heteroatoms. The van der Waals surface area contributed by atoms with Crippen molar-refractivity contribution in [2.75, 3.05) is 6.61 Å². The maximum atomic E-state index is 12.4. The number of aliphatic hydroxyl groups is 1. The SMILES string of the molecule is O=C(N[C@@H]1C=C[C@H](CO)C1)c1cccc2ncccc12. The van der Waals surface area contributed by atoms with E-state index in [-0.39, 0.29) is 24.5 Å². The van der Waals surface area contributed by atoms with Gasteiger partial charge in [-0.05, 0) is 24.6 Å². The van der Waals surface area contributed by atoms with E-state index in [2.05, 4.69) is 10.3 Å². The van der Waals surface area contributed by atoms with Crippen molar-refractivity contribution in [3.05, 3.63) is 54.2 Å². The average molecular weight is 268 g/mol. The first-order chi connectivity index (χ1) is 9.78. The van der Waals surface area contributed by atoms with Gasteiger partial charge in [0.1, 0.15) is 0 Å². The van der Waals surface area contributed by atoms with Crippen molar-refractivity contribution >= 4 is 16.8 Å². The highest BCUT2D eigenvalue weighted by molar-refractivity contribution is 6.06. The molecule has 0 unspecified atom stereocenters. The van der Waals surface area contributed by atoms with E-state index in [4.69, 9.17) is 5.11 Å². The Labute approximate surface area is 117 Å². The largest absolute Gasteiger partial charge is 0.396 e. The zero-order valence-electron chi connectivity index (χ0n) is 11.0. The molecule has 1 aromatic carbocycles. The summed E-state index contributed by atoms with van der Waals surface area (Å²) in [6, 6.07) is 9.26. The van der Waals surface area contributed by atoms with Crippen LogP contribution >= 0.6 is 0 Å². The molecule has 1 aliphatic rings. The minimum absolute atomic E-state index is 0.00780. The summed E-state index contributed by atoms with van der Waals surface area (Å²) in [6.07, 6.45) is 6.37.